The van der Waals surface area contributed by atoms with Crippen LogP contribution < -0.4 is 15.4 Å². The second-order valence-electron chi connectivity index (χ2n) is 7.44. The molecule has 3 unspecified atom stereocenters. The van der Waals surface area contributed by atoms with Crippen LogP contribution in [-0.4, -0.2) is 59.0 Å². The molecule has 0 radical (unpaired) electrons. The summed E-state index contributed by atoms with van der Waals surface area (Å²) in [6.45, 7) is 3.69. The number of hydrogen-bond donors (Lipinski definition) is 3. The van der Waals surface area contributed by atoms with Crippen molar-refractivity contribution in [1.82, 2.24) is 15.4 Å². The molecule has 3 atom stereocenters. The molecule has 9 heteroatoms. The molecule has 1 aliphatic carbocycles. The number of nitrogens with one attached hydrogen (secondary N) is 3. The summed E-state index contributed by atoms with van der Waals surface area (Å²) in [6.07, 6.45) is 9.21. The van der Waals surface area contributed by atoms with E-state index < -0.39 is 10.0 Å². The molecule has 2 aliphatic rings. The van der Waals surface area contributed by atoms with E-state index in [9.17, 15) is 8.42 Å². The highest BCUT2D eigenvalue weighted by Crippen LogP contribution is 2.26. The van der Waals surface area contributed by atoms with E-state index in [0.717, 1.165) is 38.2 Å². The maximum atomic E-state index is 12.1. The maximum Gasteiger partial charge on any atom is 0.213 e. The Morgan fingerprint density at radius 3 is 2.67 bits per heavy atom. The molecular weight excluding hydrogens is 479 g/mol. The molecule has 1 saturated carbocycles. The van der Waals surface area contributed by atoms with Crippen LogP contribution >= 0.6 is 24.0 Å². The minimum Gasteiger partial charge on any atom is -0.377 e. The third-order valence-electron chi connectivity index (χ3n) is 5.39. The zero-order valence-electron chi connectivity index (χ0n) is 16.7. The van der Waals surface area contributed by atoms with Crippen LogP contribution in [0.15, 0.2) is 4.99 Å². The van der Waals surface area contributed by atoms with E-state index in [1.54, 1.807) is 7.05 Å². The van der Waals surface area contributed by atoms with Crippen molar-refractivity contribution in [2.75, 3.05) is 32.5 Å². The van der Waals surface area contributed by atoms with Gasteiger partial charge in [-0.3, -0.25) is 4.99 Å². The van der Waals surface area contributed by atoms with E-state index in [0.29, 0.717) is 25.1 Å². The minimum absolute atomic E-state index is 0. The molecule has 1 heterocycles. The second kappa shape index (κ2) is 13.2. The smallest absolute Gasteiger partial charge is 0.213 e. The molecule has 7 nitrogen and oxygen atoms in total. The molecule has 0 aromatic rings. The number of aliphatic imine (C=N–C) groups is 1. The number of hydrogen-bond acceptors (Lipinski definition) is 4. The van der Waals surface area contributed by atoms with Crippen molar-refractivity contribution in [2.45, 2.75) is 70.4 Å². The van der Waals surface area contributed by atoms with E-state index in [1.807, 2.05) is 0 Å². The Labute approximate surface area is 181 Å². The standard InChI is InChI=1S/C18H36N4O3S.HI/c1-3-15-7-6-8-16(13-15)22-18(19-2)20-10-12-26(23,24)21-14-17-9-4-5-11-25-17;/h15-17,21H,3-14H2,1-2H3,(H2,19,20,22);1H. The highest BCUT2D eigenvalue weighted by molar-refractivity contribution is 14.0. The van der Waals surface area contributed by atoms with Gasteiger partial charge in [0.05, 0.1) is 11.9 Å². The first-order chi connectivity index (χ1) is 12.5. The third kappa shape index (κ3) is 9.76. The second-order valence-corrected chi connectivity index (χ2v) is 9.36. The summed E-state index contributed by atoms with van der Waals surface area (Å²) in [5.41, 5.74) is 0. The van der Waals surface area contributed by atoms with Crippen LogP contribution in [0.5, 0.6) is 0 Å². The molecule has 2 rings (SSSR count). The lowest BCUT2D eigenvalue weighted by Gasteiger charge is -2.30. The lowest BCUT2D eigenvalue weighted by molar-refractivity contribution is 0.0200. The predicted octanol–water partition coefficient (Wildman–Crippen LogP) is 2.23. The SMILES string of the molecule is CCC1CCCC(NC(=NC)NCCS(=O)(=O)NCC2CCCCO2)C1.I. The topological polar surface area (TPSA) is 91.8 Å². The largest absolute Gasteiger partial charge is 0.377 e. The van der Waals surface area contributed by atoms with Gasteiger partial charge in [0.1, 0.15) is 0 Å². The van der Waals surface area contributed by atoms with Gasteiger partial charge < -0.3 is 15.4 Å². The Kier molecular flexibility index (Phi) is 12.1. The number of nitrogens with zero attached hydrogens (tertiary/aromatic N) is 1. The first kappa shape index (κ1) is 24.9. The zero-order chi connectivity index (χ0) is 18.8. The molecular formula is C18H37IN4O3S. The maximum absolute atomic E-state index is 12.1. The van der Waals surface area contributed by atoms with Crippen molar-refractivity contribution in [3.8, 4) is 0 Å². The van der Waals surface area contributed by atoms with Crippen LogP contribution in [0.4, 0.5) is 0 Å². The van der Waals surface area contributed by atoms with E-state index in [2.05, 4.69) is 27.3 Å². The number of halogens is 1. The first-order valence-corrected chi connectivity index (χ1v) is 11.7. The Morgan fingerprint density at radius 1 is 1.19 bits per heavy atom. The van der Waals surface area contributed by atoms with Gasteiger partial charge in [-0.05, 0) is 38.0 Å². The normalized spacial score (nSPS) is 26.9. The molecule has 0 bridgehead atoms. The van der Waals surface area contributed by atoms with Crippen molar-refractivity contribution in [3.05, 3.63) is 0 Å². The van der Waals surface area contributed by atoms with Gasteiger partial charge in [-0.25, -0.2) is 13.1 Å². The zero-order valence-corrected chi connectivity index (χ0v) is 19.9. The van der Waals surface area contributed by atoms with Crippen molar-refractivity contribution in [3.63, 3.8) is 0 Å². The molecule has 1 saturated heterocycles. The molecule has 2 fully saturated rings. The van der Waals surface area contributed by atoms with Gasteiger partial charge in [0.15, 0.2) is 5.96 Å². The fraction of sp³-hybridized carbons (Fsp3) is 0.944. The van der Waals surface area contributed by atoms with E-state index >= 15 is 0 Å². The number of rotatable bonds is 8. The van der Waals surface area contributed by atoms with Crippen LogP contribution in [0.25, 0.3) is 0 Å². The fourth-order valence-electron chi connectivity index (χ4n) is 3.75. The van der Waals surface area contributed by atoms with Crippen LogP contribution in [0.2, 0.25) is 0 Å². The predicted molar refractivity (Wildman–Crippen MR) is 121 cm³/mol. The van der Waals surface area contributed by atoms with Crippen LogP contribution in [0.1, 0.15) is 58.3 Å². The molecule has 0 amide bonds. The van der Waals surface area contributed by atoms with Crippen molar-refractivity contribution in [1.29, 1.82) is 0 Å². The van der Waals surface area contributed by atoms with Crippen molar-refractivity contribution < 1.29 is 13.2 Å². The molecule has 160 valence electrons. The summed E-state index contributed by atoms with van der Waals surface area (Å²) in [5.74, 6) is 1.51. The molecule has 0 aromatic carbocycles. The molecule has 3 N–H and O–H groups in total. The van der Waals surface area contributed by atoms with E-state index in [1.165, 1.54) is 25.7 Å². The van der Waals surface area contributed by atoms with Crippen LogP contribution in [-0.2, 0) is 14.8 Å². The van der Waals surface area contributed by atoms with Gasteiger partial charge in [-0.2, -0.15) is 0 Å². The first-order valence-electron chi connectivity index (χ1n) is 10.1. The Bertz CT molecular complexity index is 539. The van der Waals surface area contributed by atoms with Gasteiger partial charge in [-0.15, -0.1) is 24.0 Å². The van der Waals surface area contributed by atoms with Crippen molar-refractivity contribution >= 4 is 40.0 Å². The minimum atomic E-state index is -3.31. The Balaban J connectivity index is 0.00000364. The molecule has 27 heavy (non-hydrogen) atoms. The van der Waals surface area contributed by atoms with Gasteiger partial charge >= 0.3 is 0 Å². The summed E-state index contributed by atoms with van der Waals surface area (Å²) in [6, 6.07) is 0.429. The number of guanidine groups is 1. The summed E-state index contributed by atoms with van der Waals surface area (Å²) >= 11 is 0. The van der Waals surface area contributed by atoms with Gasteiger partial charge in [-0.1, -0.05) is 26.2 Å². The Morgan fingerprint density at radius 2 is 2.00 bits per heavy atom. The number of sulfonamides is 1. The van der Waals surface area contributed by atoms with E-state index in [4.69, 9.17) is 4.74 Å². The quantitative estimate of drug-likeness (QED) is 0.262. The highest BCUT2D eigenvalue weighted by atomic mass is 127. The third-order valence-corrected chi connectivity index (χ3v) is 6.74. The van der Waals surface area contributed by atoms with Gasteiger partial charge in [0, 0.05) is 32.8 Å². The van der Waals surface area contributed by atoms with Gasteiger partial charge in [0.2, 0.25) is 10.0 Å². The Hall–Kier alpha value is -0.130. The summed E-state index contributed by atoms with van der Waals surface area (Å²) in [5, 5.41) is 6.58. The summed E-state index contributed by atoms with van der Waals surface area (Å²) in [4.78, 5) is 4.23. The number of ether oxygens (including phenoxy) is 1. The van der Waals surface area contributed by atoms with Gasteiger partial charge in [0.25, 0.3) is 0 Å². The highest BCUT2D eigenvalue weighted by Gasteiger charge is 2.22. The molecule has 0 spiro atoms. The van der Waals surface area contributed by atoms with Crippen LogP contribution in [0, 0.1) is 5.92 Å². The van der Waals surface area contributed by atoms with E-state index in [-0.39, 0.29) is 35.8 Å². The monoisotopic (exact) mass is 516 g/mol. The summed E-state index contributed by atoms with van der Waals surface area (Å²) in [7, 11) is -1.58. The molecule has 0 aromatic heterocycles. The lowest BCUT2D eigenvalue weighted by Crippen LogP contribution is -2.47. The molecule has 1 aliphatic heterocycles. The average Bonchev–Trinajstić information content (AvgIpc) is 2.66. The van der Waals surface area contributed by atoms with Crippen molar-refractivity contribution in [2.24, 2.45) is 10.9 Å². The lowest BCUT2D eigenvalue weighted by atomic mass is 9.84. The average molecular weight is 516 g/mol. The fourth-order valence-corrected chi connectivity index (χ4v) is 4.70. The van der Waals surface area contributed by atoms with Crippen LogP contribution in [0.3, 0.4) is 0 Å². The summed E-state index contributed by atoms with van der Waals surface area (Å²) < 4.78 is 32.5.